The fraction of sp³-hybridized carbons (Fsp3) is 0.115. The molecule has 34 heavy (non-hydrogen) atoms. The standard InChI is InChI=1S/C26H21F2N3O3/c1-17(19-11-13-22(14-12-19)34-26(27)28)30-31-25(32)21-9-7-18(8-10-21)16-33-23-6-2-4-20-5-3-15-29-24(20)23/h2-15,26H,16H2,1H3,(H,31,32). The molecule has 0 fully saturated rings. The Bertz CT molecular complexity index is 1300. The average Bonchev–Trinajstić information content (AvgIpc) is 2.86. The van der Waals surface area contributed by atoms with Crippen molar-refractivity contribution in [2.45, 2.75) is 20.1 Å². The first kappa shape index (κ1) is 22.8. The first-order valence-corrected chi connectivity index (χ1v) is 10.4. The molecule has 0 radical (unpaired) electrons. The van der Waals surface area contributed by atoms with E-state index >= 15 is 0 Å². The summed E-state index contributed by atoms with van der Waals surface area (Å²) in [5.74, 6) is 0.373. The summed E-state index contributed by atoms with van der Waals surface area (Å²) in [5, 5.41) is 5.09. The highest BCUT2D eigenvalue weighted by molar-refractivity contribution is 6.00. The molecule has 6 nitrogen and oxygen atoms in total. The fourth-order valence-electron chi connectivity index (χ4n) is 3.25. The molecule has 0 aliphatic rings. The number of ether oxygens (including phenoxy) is 2. The number of rotatable bonds is 8. The minimum atomic E-state index is -2.88. The van der Waals surface area contributed by atoms with Crippen LogP contribution in [0, 0.1) is 0 Å². The van der Waals surface area contributed by atoms with Crippen LogP contribution in [0.25, 0.3) is 10.9 Å². The zero-order valence-corrected chi connectivity index (χ0v) is 18.2. The van der Waals surface area contributed by atoms with Gasteiger partial charge in [0, 0.05) is 17.1 Å². The number of halogens is 2. The first-order valence-electron chi connectivity index (χ1n) is 10.4. The van der Waals surface area contributed by atoms with E-state index in [2.05, 4.69) is 20.2 Å². The van der Waals surface area contributed by atoms with E-state index in [1.165, 1.54) is 12.1 Å². The second kappa shape index (κ2) is 10.5. The molecule has 172 valence electrons. The Balaban J connectivity index is 1.34. The van der Waals surface area contributed by atoms with Gasteiger partial charge in [-0.25, -0.2) is 5.43 Å². The van der Waals surface area contributed by atoms with Gasteiger partial charge in [-0.15, -0.1) is 0 Å². The minimum absolute atomic E-state index is 0.0522. The monoisotopic (exact) mass is 461 g/mol. The SMILES string of the molecule is CC(=NNC(=O)c1ccc(COc2cccc3cccnc23)cc1)c1ccc(OC(F)F)cc1. The van der Waals surface area contributed by atoms with E-state index in [0.717, 1.165) is 16.5 Å². The Morgan fingerprint density at radius 1 is 0.971 bits per heavy atom. The maximum atomic E-state index is 12.4. The molecule has 4 aromatic rings. The Labute approximate surface area is 194 Å². The third-order valence-electron chi connectivity index (χ3n) is 5.03. The minimum Gasteiger partial charge on any atom is -0.487 e. The number of hydrogen-bond acceptors (Lipinski definition) is 5. The molecule has 1 N–H and O–H groups in total. The van der Waals surface area contributed by atoms with Crippen molar-refractivity contribution in [3.05, 3.63) is 102 Å². The summed E-state index contributed by atoms with van der Waals surface area (Å²) in [7, 11) is 0. The van der Waals surface area contributed by atoms with E-state index in [0.29, 0.717) is 29.2 Å². The second-order valence-electron chi connectivity index (χ2n) is 7.36. The zero-order chi connectivity index (χ0) is 23.9. The number of hydrogen-bond donors (Lipinski definition) is 1. The number of alkyl halides is 2. The van der Waals surface area contributed by atoms with Crippen LogP contribution in [0.2, 0.25) is 0 Å². The van der Waals surface area contributed by atoms with E-state index in [4.69, 9.17) is 4.74 Å². The number of benzene rings is 3. The van der Waals surface area contributed by atoms with Gasteiger partial charge >= 0.3 is 6.61 Å². The summed E-state index contributed by atoms with van der Waals surface area (Å²) in [6, 6.07) is 22.6. The lowest BCUT2D eigenvalue weighted by Gasteiger charge is -2.09. The Hall–Kier alpha value is -4.33. The van der Waals surface area contributed by atoms with Crippen LogP contribution in [-0.4, -0.2) is 23.2 Å². The van der Waals surface area contributed by atoms with Crippen LogP contribution in [0.4, 0.5) is 8.78 Å². The number of hydrazone groups is 1. The van der Waals surface area contributed by atoms with E-state index in [1.807, 2.05) is 42.5 Å². The number of carbonyl (C=O) groups excluding carboxylic acids is 1. The topological polar surface area (TPSA) is 72.8 Å². The highest BCUT2D eigenvalue weighted by atomic mass is 19.3. The van der Waals surface area contributed by atoms with Crippen molar-refractivity contribution in [1.29, 1.82) is 0 Å². The molecular weight excluding hydrogens is 440 g/mol. The molecule has 1 heterocycles. The predicted molar refractivity (Wildman–Crippen MR) is 125 cm³/mol. The molecule has 0 aliphatic heterocycles. The first-order chi connectivity index (χ1) is 16.5. The molecule has 0 bridgehead atoms. The fourth-order valence-corrected chi connectivity index (χ4v) is 3.25. The van der Waals surface area contributed by atoms with Crippen molar-refractivity contribution in [1.82, 2.24) is 10.4 Å². The summed E-state index contributed by atoms with van der Waals surface area (Å²) in [6.45, 7) is -0.848. The summed E-state index contributed by atoms with van der Waals surface area (Å²) in [6.07, 6.45) is 1.73. The number of carbonyl (C=O) groups is 1. The van der Waals surface area contributed by atoms with E-state index < -0.39 is 6.61 Å². The molecule has 3 aromatic carbocycles. The highest BCUT2D eigenvalue weighted by Gasteiger charge is 2.08. The van der Waals surface area contributed by atoms with Gasteiger partial charge in [-0.05, 0) is 66.6 Å². The number of para-hydroxylation sites is 1. The average molecular weight is 461 g/mol. The molecule has 1 amide bonds. The smallest absolute Gasteiger partial charge is 0.387 e. The normalized spacial score (nSPS) is 11.5. The molecular formula is C26H21F2N3O3. The van der Waals surface area contributed by atoms with Crippen molar-refractivity contribution >= 4 is 22.5 Å². The number of nitrogens with zero attached hydrogens (tertiary/aromatic N) is 2. The summed E-state index contributed by atoms with van der Waals surface area (Å²) in [4.78, 5) is 16.8. The van der Waals surface area contributed by atoms with Gasteiger partial charge in [-0.2, -0.15) is 13.9 Å². The maximum absolute atomic E-state index is 12.4. The molecule has 0 unspecified atom stereocenters. The molecule has 8 heteroatoms. The van der Waals surface area contributed by atoms with Gasteiger partial charge in [0.1, 0.15) is 23.6 Å². The van der Waals surface area contributed by atoms with E-state index in [1.54, 1.807) is 37.4 Å². The van der Waals surface area contributed by atoms with Gasteiger partial charge in [0.05, 0.1) is 5.71 Å². The van der Waals surface area contributed by atoms with Crippen LogP contribution in [0.3, 0.4) is 0 Å². The lowest BCUT2D eigenvalue weighted by atomic mass is 10.1. The maximum Gasteiger partial charge on any atom is 0.387 e. The molecule has 4 rings (SSSR count). The number of pyridine rings is 1. The van der Waals surface area contributed by atoms with Crippen molar-refractivity contribution in [3.8, 4) is 11.5 Å². The highest BCUT2D eigenvalue weighted by Crippen LogP contribution is 2.24. The third-order valence-corrected chi connectivity index (χ3v) is 5.03. The van der Waals surface area contributed by atoms with Gasteiger partial charge < -0.3 is 9.47 Å². The van der Waals surface area contributed by atoms with Gasteiger partial charge in [0.15, 0.2) is 0 Å². The molecule has 0 atom stereocenters. The van der Waals surface area contributed by atoms with Gasteiger partial charge in [-0.1, -0.05) is 30.3 Å². The molecule has 0 saturated carbocycles. The predicted octanol–water partition coefficient (Wildman–Crippen LogP) is 5.57. The number of fused-ring (bicyclic) bond motifs is 1. The Morgan fingerprint density at radius 2 is 1.68 bits per heavy atom. The molecule has 0 spiro atoms. The second-order valence-corrected chi connectivity index (χ2v) is 7.36. The molecule has 1 aromatic heterocycles. The van der Waals surface area contributed by atoms with Crippen LogP contribution in [0.15, 0.2) is 90.2 Å². The quantitative estimate of drug-likeness (QED) is 0.275. The van der Waals surface area contributed by atoms with Crippen molar-refractivity contribution in [2.75, 3.05) is 0 Å². The molecule has 0 saturated heterocycles. The zero-order valence-electron chi connectivity index (χ0n) is 18.2. The van der Waals surface area contributed by atoms with Gasteiger partial charge in [0.25, 0.3) is 5.91 Å². The van der Waals surface area contributed by atoms with Gasteiger partial charge in [-0.3, -0.25) is 9.78 Å². The Morgan fingerprint density at radius 3 is 2.41 bits per heavy atom. The number of nitrogens with one attached hydrogen (secondary N) is 1. The summed E-state index contributed by atoms with van der Waals surface area (Å²) >= 11 is 0. The van der Waals surface area contributed by atoms with Crippen LogP contribution in [0.5, 0.6) is 11.5 Å². The van der Waals surface area contributed by atoms with Crippen LogP contribution in [0.1, 0.15) is 28.4 Å². The van der Waals surface area contributed by atoms with Crippen LogP contribution >= 0.6 is 0 Å². The third kappa shape index (κ3) is 5.72. The Kier molecular flexibility index (Phi) is 7.07. The van der Waals surface area contributed by atoms with Crippen LogP contribution in [-0.2, 0) is 6.61 Å². The summed E-state index contributed by atoms with van der Waals surface area (Å²) in [5.41, 5.74) is 5.82. The van der Waals surface area contributed by atoms with Gasteiger partial charge in [0.2, 0.25) is 0 Å². The van der Waals surface area contributed by atoms with Crippen molar-refractivity contribution in [2.24, 2.45) is 5.10 Å². The largest absolute Gasteiger partial charge is 0.487 e. The van der Waals surface area contributed by atoms with Crippen LogP contribution < -0.4 is 14.9 Å². The number of amides is 1. The van der Waals surface area contributed by atoms with Crippen molar-refractivity contribution in [3.63, 3.8) is 0 Å². The lowest BCUT2D eigenvalue weighted by molar-refractivity contribution is -0.0498. The molecule has 0 aliphatic carbocycles. The van der Waals surface area contributed by atoms with Crippen molar-refractivity contribution < 1.29 is 23.0 Å². The van der Waals surface area contributed by atoms with E-state index in [9.17, 15) is 13.6 Å². The van der Waals surface area contributed by atoms with E-state index in [-0.39, 0.29) is 11.7 Å². The summed E-state index contributed by atoms with van der Waals surface area (Å²) < 4.78 is 34.7. The lowest BCUT2D eigenvalue weighted by Crippen LogP contribution is -2.19. The number of aromatic nitrogens is 1.